The van der Waals surface area contributed by atoms with E-state index in [-0.39, 0.29) is 24.5 Å². The largest absolute Gasteiger partial charge is 0.493 e. The summed E-state index contributed by atoms with van der Waals surface area (Å²) < 4.78 is 15.3. The highest BCUT2D eigenvalue weighted by Gasteiger charge is 2.25. The van der Waals surface area contributed by atoms with Crippen LogP contribution >= 0.6 is 0 Å². The number of anilines is 1. The third-order valence-electron chi connectivity index (χ3n) is 5.65. The maximum Gasteiger partial charge on any atom is 0.343 e. The van der Waals surface area contributed by atoms with Gasteiger partial charge in [-0.3, -0.25) is 4.79 Å². The van der Waals surface area contributed by atoms with E-state index in [4.69, 9.17) is 9.47 Å². The van der Waals surface area contributed by atoms with Gasteiger partial charge in [-0.2, -0.15) is 0 Å². The summed E-state index contributed by atoms with van der Waals surface area (Å²) >= 11 is 0. The number of likely N-dealkylation sites (tertiary alicyclic amines) is 1. The van der Waals surface area contributed by atoms with Crippen LogP contribution in [0.2, 0.25) is 0 Å². The van der Waals surface area contributed by atoms with Gasteiger partial charge >= 0.3 is 12.0 Å². The Morgan fingerprint density at radius 3 is 2.53 bits per heavy atom. The zero-order valence-electron chi connectivity index (χ0n) is 19.8. The third kappa shape index (κ3) is 6.87. The van der Waals surface area contributed by atoms with Crippen molar-refractivity contribution in [3.63, 3.8) is 0 Å². The number of nitrogens with one attached hydrogen (secondary N) is 2. The lowest BCUT2D eigenvalue weighted by Crippen LogP contribution is -2.44. The van der Waals surface area contributed by atoms with Crippen molar-refractivity contribution >= 4 is 23.6 Å². The first-order valence-electron chi connectivity index (χ1n) is 11.2. The summed E-state index contributed by atoms with van der Waals surface area (Å²) in [6.45, 7) is 3.41. The molecule has 3 amide bonds. The molecule has 1 aliphatic heterocycles. The predicted molar refractivity (Wildman–Crippen MR) is 127 cm³/mol. The number of aryl methyl sites for hydroxylation is 1. The van der Waals surface area contributed by atoms with Crippen molar-refractivity contribution in [2.75, 3.05) is 45.8 Å². The molecule has 0 aromatic heterocycles. The molecule has 182 valence electrons. The van der Waals surface area contributed by atoms with Gasteiger partial charge in [0.25, 0.3) is 5.91 Å². The van der Waals surface area contributed by atoms with Crippen molar-refractivity contribution in [1.29, 1.82) is 0 Å². The van der Waals surface area contributed by atoms with Crippen LogP contribution in [0.4, 0.5) is 10.5 Å². The minimum atomic E-state index is -0.511. The normalized spacial score (nSPS) is 15.3. The van der Waals surface area contributed by atoms with E-state index in [2.05, 4.69) is 15.4 Å². The second-order valence-electron chi connectivity index (χ2n) is 8.19. The molecule has 1 heterocycles. The lowest BCUT2D eigenvalue weighted by Gasteiger charge is -2.33. The fourth-order valence-corrected chi connectivity index (χ4v) is 3.76. The van der Waals surface area contributed by atoms with Gasteiger partial charge in [-0.05, 0) is 56.0 Å². The van der Waals surface area contributed by atoms with E-state index in [9.17, 15) is 14.4 Å². The molecule has 0 radical (unpaired) electrons. The first kappa shape index (κ1) is 24.9. The number of methoxy groups -OCH3 is 2. The molecule has 2 N–H and O–H groups in total. The van der Waals surface area contributed by atoms with Gasteiger partial charge in [-0.1, -0.05) is 17.7 Å². The number of amides is 3. The van der Waals surface area contributed by atoms with Crippen LogP contribution in [0.1, 0.15) is 28.8 Å². The Morgan fingerprint density at radius 1 is 1.06 bits per heavy atom. The molecule has 1 aliphatic rings. The molecule has 0 bridgehead atoms. The minimum Gasteiger partial charge on any atom is -0.493 e. The molecule has 1 saturated heterocycles. The van der Waals surface area contributed by atoms with Crippen LogP contribution < -0.4 is 20.1 Å². The Morgan fingerprint density at radius 2 is 1.82 bits per heavy atom. The van der Waals surface area contributed by atoms with Crippen LogP contribution in [-0.2, 0) is 9.53 Å². The van der Waals surface area contributed by atoms with Crippen LogP contribution in [0.25, 0.3) is 0 Å². The van der Waals surface area contributed by atoms with E-state index >= 15 is 0 Å². The number of hydrogen-bond acceptors (Lipinski definition) is 6. The summed E-state index contributed by atoms with van der Waals surface area (Å²) in [5.74, 6) is 0.239. The fraction of sp³-hybridized carbons (Fsp3) is 0.400. The van der Waals surface area contributed by atoms with E-state index in [0.29, 0.717) is 36.7 Å². The first-order valence-corrected chi connectivity index (χ1v) is 11.2. The van der Waals surface area contributed by atoms with E-state index in [0.717, 1.165) is 24.1 Å². The van der Waals surface area contributed by atoms with Crippen LogP contribution in [0, 0.1) is 12.8 Å². The number of nitrogens with zero attached hydrogens (tertiary/aromatic N) is 1. The van der Waals surface area contributed by atoms with Gasteiger partial charge < -0.3 is 29.7 Å². The second kappa shape index (κ2) is 11.9. The number of urea groups is 1. The van der Waals surface area contributed by atoms with Crippen molar-refractivity contribution in [1.82, 2.24) is 10.2 Å². The summed E-state index contributed by atoms with van der Waals surface area (Å²) in [6, 6.07) is 12.2. The molecular weight excluding hydrogens is 438 g/mol. The molecule has 9 heteroatoms. The molecule has 1 atom stereocenters. The van der Waals surface area contributed by atoms with Gasteiger partial charge in [0, 0.05) is 30.9 Å². The van der Waals surface area contributed by atoms with Crippen molar-refractivity contribution < 1.29 is 28.6 Å². The third-order valence-corrected chi connectivity index (χ3v) is 5.65. The first-order chi connectivity index (χ1) is 16.4. The van der Waals surface area contributed by atoms with Crippen LogP contribution in [0.3, 0.4) is 0 Å². The molecule has 2 aromatic carbocycles. The molecule has 34 heavy (non-hydrogen) atoms. The minimum absolute atomic E-state index is 0.119. The van der Waals surface area contributed by atoms with Gasteiger partial charge in [-0.15, -0.1) is 0 Å². The summed E-state index contributed by atoms with van der Waals surface area (Å²) in [5.41, 5.74) is 2.32. The number of esters is 1. The zero-order valence-corrected chi connectivity index (χ0v) is 19.8. The average Bonchev–Trinajstić information content (AvgIpc) is 2.87. The van der Waals surface area contributed by atoms with Gasteiger partial charge in [0.2, 0.25) is 0 Å². The maximum absolute atomic E-state index is 13.1. The Kier molecular flexibility index (Phi) is 8.73. The molecule has 0 spiro atoms. The number of carbonyl (C=O) groups is 3. The van der Waals surface area contributed by atoms with Crippen LogP contribution in [-0.4, -0.2) is 63.3 Å². The highest BCUT2D eigenvalue weighted by Crippen LogP contribution is 2.29. The summed E-state index contributed by atoms with van der Waals surface area (Å²) in [7, 11) is 2.75. The smallest absolute Gasteiger partial charge is 0.343 e. The van der Waals surface area contributed by atoms with Crippen molar-refractivity contribution in [2.24, 2.45) is 5.92 Å². The van der Waals surface area contributed by atoms with Gasteiger partial charge in [0.1, 0.15) is 0 Å². The number of piperidine rings is 1. The van der Waals surface area contributed by atoms with Crippen LogP contribution in [0.15, 0.2) is 42.5 Å². The molecule has 1 unspecified atom stereocenters. The highest BCUT2D eigenvalue weighted by molar-refractivity contribution is 5.95. The van der Waals surface area contributed by atoms with E-state index < -0.39 is 5.97 Å². The maximum atomic E-state index is 13.1. The standard InChI is InChI=1S/C25H31N3O6/c1-17-6-9-20(10-7-17)27-25(31)26-14-18-5-4-12-28(15-18)24(30)19-8-11-21(22(13-19)32-2)34-16-23(29)33-3/h6-11,13,18H,4-5,12,14-16H2,1-3H3,(H2,26,27,31). The Bertz CT molecular complexity index is 1010. The molecule has 1 fully saturated rings. The van der Waals surface area contributed by atoms with Crippen molar-refractivity contribution in [2.45, 2.75) is 19.8 Å². The van der Waals surface area contributed by atoms with Gasteiger partial charge in [0.15, 0.2) is 18.1 Å². The molecule has 2 aromatic rings. The van der Waals surface area contributed by atoms with Crippen molar-refractivity contribution in [3.05, 3.63) is 53.6 Å². The van der Waals surface area contributed by atoms with Gasteiger partial charge in [-0.25, -0.2) is 9.59 Å². The quantitative estimate of drug-likeness (QED) is 0.575. The number of benzene rings is 2. The SMILES string of the molecule is COC(=O)COc1ccc(C(=O)N2CCCC(CNC(=O)Nc3ccc(C)cc3)C2)cc1OC. The van der Waals surface area contributed by atoms with Crippen molar-refractivity contribution in [3.8, 4) is 11.5 Å². The molecule has 0 saturated carbocycles. The molecule has 0 aliphatic carbocycles. The lowest BCUT2D eigenvalue weighted by molar-refractivity contribution is -0.142. The average molecular weight is 470 g/mol. The number of ether oxygens (including phenoxy) is 3. The number of carbonyl (C=O) groups excluding carboxylic acids is 3. The molecular formula is C25H31N3O6. The Balaban J connectivity index is 1.54. The van der Waals surface area contributed by atoms with Gasteiger partial charge in [0.05, 0.1) is 14.2 Å². The fourth-order valence-electron chi connectivity index (χ4n) is 3.76. The summed E-state index contributed by atoms with van der Waals surface area (Å²) in [6.07, 6.45) is 1.79. The van der Waals surface area contributed by atoms with E-state index in [1.165, 1.54) is 14.2 Å². The lowest BCUT2D eigenvalue weighted by atomic mass is 9.97. The van der Waals surface area contributed by atoms with E-state index in [1.54, 1.807) is 23.1 Å². The van der Waals surface area contributed by atoms with Crippen LogP contribution in [0.5, 0.6) is 11.5 Å². The summed E-state index contributed by atoms with van der Waals surface area (Å²) in [5, 5.41) is 5.73. The monoisotopic (exact) mass is 469 g/mol. The Labute approximate surface area is 199 Å². The predicted octanol–water partition coefficient (Wildman–Crippen LogP) is 3.23. The number of rotatable bonds is 8. The topological polar surface area (TPSA) is 106 Å². The van der Waals surface area contributed by atoms with E-state index in [1.807, 2.05) is 31.2 Å². The summed E-state index contributed by atoms with van der Waals surface area (Å²) in [4.78, 5) is 38.4. The Hall–Kier alpha value is -3.75. The zero-order chi connectivity index (χ0) is 24.5. The molecule has 9 nitrogen and oxygen atoms in total. The highest BCUT2D eigenvalue weighted by atomic mass is 16.6. The second-order valence-corrected chi connectivity index (χ2v) is 8.19. The number of hydrogen-bond donors (Lipinski definition) is 2. The molecule has 3 rings (SSSR count).